The number of halogens is 1. The number of amides is 1. The van der Waals surface area contributed by atoms with Crippen LogP contribution in [0.5, 0.6) is 0 Å². The van der Waals surface area contributed by atoms with Crippen molar-refractivity contribution in [3.8, 4) is 0 Å². The van der Waals surface area contributed by atoms with Gasteiger partial charge in [-0.15, -0.1) is 0 Å². The highest BCUT2D eigenvalue weighted by Gasteiger charge is 2.10. The molecule has 0 fully saturated rings. The average molecular weight is 316 g/mol. The zero-order chi connectivity index (χ0) is 16.1. The summed E-state index contributed by atoms with van der Waals surface area (Å²) in [7, 11) is 0. The second kappa shape index (κ2) is 6.91. The van der Waals surface area contributed by atoms with Gasteiger partial charge in [0.05, 0.1) is 5.56 Å². The van der Waals surface area contributed by atoms with Crippen molar-refractivity contribution in [3.63, 3.8) is 0 Å². The first-order valence-corrected chi connectivity index (χ1v) is 6.92. The molecule has 0 aliphatic rings. The fraction of sp³-hybridized carbons (Fsp3) is 0.0588. The number of aromatic carboxylic acids is 1. The SMILES string of the molecule is Cc1c(NC(=O)/C=C/c2ccc(Cl)cc2)cccc1C(=O)O. The minimum absolute atomic E-state index is 0.166. The average Bonchev–Trinajstić information content (AvgIpc) is 2.48. The van der Waals surface area contributed by atoms with E-state index in [-0.39, 0.29) is 11.5 Å². The summed E-state index contributed by atoms with van der Waals surface area (Å²) in [6, 6.07) is 11.8. The summed E-state index contributed by atoms with van der Waals surface area (Å²) in [6.07, 6.45) is 3.04. The molecule has 4 nitrogen and oxygen atoms in total. The van der Waals surface area contributed by atoms with Crippen LogP contribution in [0.3, 0.4) is 0 Å². The summed E-state index contributed by atoms with van der Waals surface area (Å²) in [4.78, 5) is 23.0. The predicted molar refractivity (Wildman–Crippen MR) is 87.3 cm³/mol. The Balaban J connectivity index is 2.11. The third kappa shape index (κ3) is 3.96. The van der Waals surface area contributed by atoms with Gasteiger partial charge in [-0.05, 0) is 48.4 Å². The number of nitrogens with one attached hydrogen (secondary N) is 1. The monoisotopic (exact) mass is 315 g/mol. The van der Waals surface area contributed by atoms with Crippen molar-refractivity contribution in [3.05, 3.63) is 70.3 Å². The van der Waals surface area contributed by atoms with Crippen molar-refractivity contribution in [2.45, 2.75) is 6.92 Å². The summed E-state index contributed by atoms with van der Waals surface area (Å²) in [5, 5.41) is 12.4. The van der Waals surface area contributed by atoms with Gasteiger partial charge in [-0.2, -0.15) is 0 Å². The van der Waals surface area contributed by atoms with Crippen molar-refractivity contribution in [1.82, 2.24) is 0 Å². The van der Waals surface area contributed by atoms with Gasteiger partial charge in [-0.3, -0.25) is 4.79 Å². The Hall–Kier alpha value is -2.59. The molecule has 0 bridgehead atoms. The van der Waals surface area contributed by atoms with Gasteiger partial charge in [0, 0.05) is 16.8 Å². The Kier molecular flexibility index (Phi) is 4.96. The van der Waals surface area contributed by atoms with E-state index in [1.807, 2.05) is 0 Å². The Morgan fingerprint density at radius 3 is 2.45 bits per heavy atom. The molecule has 0 aromatic heterocycles. The van der Waals surface area contributed by atoms with E-state index in [0.29, 0.717) is 16.3 Å². The fourth-order valence-corrected chi connectivity index (χ4v) is 2.05. The first-order valence-electron chi connectivity index (χ1n) is 6.55. The Morgan fingerprint density at radius 2 is 1.82 bits per heavy atom. The van der Waals surface area contributed by atoms with E-state index < -0.39 is 5.97 Å². The minimum atomic E-state index is -1.02. The largest absolute Gasteiger partial charge is 0.478 e. The van der Waals surface area contributed by atoms with Crippen LogP contribution in [0.2, 0.25) is 5.02 Å². The molecule has 0 saturated carbocycles. The van der Waals surface area contributed by atoms with Crippen LogP contribution in [-0.4, -0.2) is 17.0 Å². The van der Waals surface area contributed by atoms with Crippen molar-refractivity contribution < 1.29 is 14.7 Å². The van der Waals surface area contributed by atoms with Crippen LogP contribution >= 0.6 is 11.6 Å². The number of carboxylic acids is 1. The standard InChI is InChI=1S/C17H14ClNO3/c1-11-14(17(21)22)3-2-4-15(11)19-16(20)10-7-12-5-8-13(18)9-6-12/h2-10H,1H3,(H,19,20)(H,21,22)/b10-7+. The number of anilines is 1. The van der Waals surface area contributed by atoms with Crippen LogP contribution < -0.4 is 5.32 Å². The first-order chi connectivity index (χ1) is 10.5. The molecular weight excluding hydrogens is 302 g/mol. The molecule has 0 atom stereocenters. The van der Waals surface area contributed by atoms with Crippen molar-refractivity contribution in [1.29, 1.82) is 0 Å². The van der Waals surface area contributed by atoms with Gasteiger partial charge in [-0.25, -0.2) is 4.79 Å². The normalized spacial score (nSPS) is 10.6. The number of hydrogen-bond acceptors (Lipinski definition) is 2. The Labute approximate surface area is 133 Å². The molecule has 2 rings (SSSR count). The summed E-state index contributed by atoms with van der Waals surface area (Å²) < 4.78 is 0. The smallest absolute Gasteiger partial charge is 0.336 e. The molecule has 0 aliphatic carbocycles. The van der Waals surface area contributed by atoms with Crippen LogP contribution in [0.25, 0.3) is 6.08 Å². The second-order valence-electron chi connectivity index (χ2n) is 4.66. The van der Waals surface area contributed by atoms with Crippen LogP contribution in [0, 0.1) is 6.92 Å². The number of hydrogen-bond donors (Lipinski definition) is 2. The van der Waals surface area contributed by atoms with E-state index in [0.717, 1.165) is 5.56 Å². The lowest BCUT2D eigenvalue weighted by Crippen LogP contribution is -2.11. The quantitative estimate of drug-likeness (QED) is 0.838. The maximum Gasteiger partial charge on any atom is 0.336 e. The molecule has 2 aromatic rings. The van der Waals surface area contributed by atoms with Crippen LogP contribution in [0.1, 0.15) is 21.5 Å². The molecule has 112 valence electrons. The Bertz CT molecular complexity index is 736. The molecule has 0 radical (unpaired) electrons. The molecule has 0 heterocycles. The predicted octanol–water partition coefficient (Wildman–Crippen LogP) is 4.00. The van der Waals surface area contributed by atoms with Gasteiger partial charge >= 0.3 is 5.97 Å². The van der Waals surface area contributed by atoms with Gasteiger partial charge in [0.1, 0.15) is 0 Å². The molecule has 0 aliphatic heterocycles. The van der Waals surface area contributed by atoms with Gasteiger partial charge in [-0.1, -0.05) is 29.8 Å². The van der Waals surface area contributed by atoms with Gasteiger partial charge < -0.3 is 10.4 Å². The summed E-state index contributed by atoms with van der Waals surface area (Å²) >= 11 is 5.79. The molecule has 2 aromatic carbocycles. The van der Waals surface area contributed by atoms with E-state index in [1.54, 1.807) is 49.4 Å². The Morgan fingerprint density at radius 1 is 1.14 bits per heavy atom. The molecule has 0 saturated heterocycles. The highest BCUT2D eigenvalue weighted by atomic mass is 35.5. The summed E-state index contributed by atoms with van der Waals surface area (Å²) in [5.41, 5.74) is 2.00. The maximum atomic E-state index is 11.9. The third-order valence-corrected chi connectivity index (χ3v) is 3.37. The number of rotatable bonds is 4. The highest BCUT2D eigenvalue weighted by molar-refractivity contribution is 6.30. The lowest BCUT2D eigenvalue weighted by molar-refractivity contribution is -0.111. The van der Waals surface area contributed by atoms with E-state index >= 15 is 0 Å². The van der Waals surface area contributed by atoms with E-state index in [2.05, 4.69) is 5.32 Å². The number of carbonyl (C=O) groups is 2. The molecule has 2 N–H and O–H groups in total. The zero-order valence-corrected chi connectivity index (χ0v) is 12.6. The number of benzene rings is 2. The van der Waals surface area contributed by atoms with Gasteiger partial charge in [0.25, 0.3) is 0 Å². The van der Waals surface area contributed by atoms with E-state index in [4.69, 9.17) is 16.7 Å². The fourth-order valence-electron chi connectivity index (χ4n) is 1.92. The molecule has 0 spiro atoms. The van der Waals surface area contributed by atoms with E-state index in [9.17, 15) is 9.59 Å². The lowest BCUT2D eigenvalue weighted by atomic mass is 10.1. The molecule has 5 heteroatoms. The van der Waals surface area contributed by atoms with E-state index in [1.165, 1.54) is 12.1 Å². The summed E-state index contributed by atoms with van der Waals surface area (Å²) in [5.74, 6) is -1.36. The summed E-state index contributed by atoms with van der Waals surface area (Å²) in [6.45, 7) is 1.65. The lowest BCUT2D eigenvalue weighted by Gasteiger charge is -2.08. The van der Waals surface area contributed by atoms with Crippen LogP contribution in [-0.2, 0) is 4.79 Å². The van der Waals surface area contributed by atoms with Crippen LogP contribution in [0.4, 0.5) is 5.69 Å². The molecule has 0 unspecified atom stereocenters. The van der Waals surface area contributed by atoms with Crippen molar-refractivity contribution in [2.75, 3.05) is 5.32 Å². The molecule has 22 heavy (non-hydrogen) atoms. The van der Waals surface area contributed by atoms with Crippen molar-refractivity contribution in [2.24, 2.45) is 0 Å². The first kappa shape index (κ1) is 15.8. The highest BCUT2D eigenvalue weighted by Crippen LogP contribution is 2.19. The van der Waals surface area contributed by atoms with Gasteiger partial charge in [0.15, 0.2) is 0 Å². The van der Waals surface area contributed by atoms with Gasteiger partial charge in [0.2, 0.25) is 5.91 Å². The number of carbonyl (C=O) groups excluding carboxylic acids is 1. The molecular formula is C17H14ClNO3. The minimum Gasteiger partial charge on any atom is -0.478 e. The second-order valence-corrected chi connectivity index (χ2v) is 5.09. The maximum absolute atomic E-state index is 11.9. The van der Waals surface area contributed by atoms with Crippen molar-refractivity contribution >= 4 is 35.2 Å². The number of carboxylic acid groups (broad SMARTS) is 1. The third-order valence-electron chi connectivity index (χ3n) is 3.12. The molecule has 1 amide bonds. The van der Waals surface area contributed by atoms with Crippen LogP contribution in [0.15, 0.2) is 48.5 Å². The topological polar surface area (TPSA) is 66.4 Å². The zero-order valence-electron chi connectivity index (χ0n) is 11.8.